The molecule has 0 heterocycles. The quantitative estimate of drug-likeness (QED) is 0.214. The van der Waals surface area contributed by atoms with Crippen molar-refractivity contribution < 1.29 is 19.1 Å². The van der Waals surface area contributed by atoms with Crippen LogP contribution >= 0.6 is 0 Å². The number of hydrogen-bond acceptors (Lipinski definition) is 4. The highest BCUT2D eigenvalue weighted by Gasteiger charge is 2.19. The highest BCUT2D eigenvalue weighted by molar-refractivity contribution is 5.99. The Hall–Kier alpha value is -1.32. The number of carbonyl (C=O) groups is 2. The topological polar surface area (TPSA) is 52.6 Å². The Bertz CT molecular complexity index is 399. The van der Waals surface area contributed by atoms with Crippen molar-refractivity contribution in [2.45, 2.75) is 98.3 Å². The van der Waals surface area contributed by atoms with Crippen LogP contribution in [0.15, 0.2) is 11.1 Å². The first-order valence-electron chi connectivity index (χ1n) is 10.1. The molecule has 0 saturated heterocycles. The molecule has 0 amide bonds. The fourth-order valence-electron chi connectivity index (χ4n) is 2.46. The summed E-state index contributed by atoms with van der Waals surface area (Å²) in [5.41, 5.74) is 0.902. The Balaban J connectivity index is 4.70. The first-order valence-corrected chi connectivity index (χ1v) is 10.1. The summed E-state index contributed by atoms with van der Waals surface area (Å²) in [6, 6.07) is 0. The minimum absolute atomic E-state index is 0.355. The molecule has 0 atom stereocenters. The molecule has 0 saturated carbocycles. The number of ether oxygens (including phenoxy) is 2. The van der Waals surface area contributed by atoms with Gasteiger partial charge in [0.05, 0.1) is 13.2 Å². The molecule has 0 aliphatic rings. The highest BCUT2D eigenvalue weighted by atomic mass is 16.5. The average Bonchev–Trinajstić information content (AvgIpc) is 2.60. The first kappa shape index (κ1) is 23.7. The van der Waals surface area contributed by atoms with E-state index in [0.29, 0.717) is 30.8 Å². The summed E-state index contributed by atoms with van der Waals surface area (Å²) < 4.78 is 10.6. The lowest BCUT2D eigenvalue weighted by atomic mass is 10.0. The third-order valence-electron chi connectivity index (χ3n) is 4.25. The third-order valence-corrected chi connectivity index (χ3v) is 4.25. The summed E-state index contributed by atoms with van der Waals surface area (Å²) in [6.07, 6.45) is 11.1. The standard InChI is InChI=1S/C21H38O4/c1-5-8-11-12-13-14-15-19(21(23)25-17-10-7-3)18(4)20(22)24-16-9-6-2/h5-17H2,1-4H3/b19-18-. The largest absolute Gasteiger partial charge is 0.462 e. The molecule has 0 N–H and O–H groups in total. The van der Waals surface area contributed by atoms with Gasteiger partial charge >= 0.3 is 11.9 Å². The zero-order valence-electron chi connectivity index (χ0n) is 16.8. The fraction of sp³-hybridized carbons (Fsp3) is 0.810. The van der Waals surface area contributed by atoms with Crippen LogP contribution in [0.4, 0.5) is 0 Å². The third kappa shape index (κ3) is 11.8. The van der Waals surface area contributed by atoms with Crippen LogP contribution in [0, 0.1) is 0 Å². The van der Waals surface area contributed by atoms with E-state index in [4.69, 9.17) is 9.47 Å². The van der Waals surface area contributed by atoms with E-state index in [1.807, 2.05) is 6.92 Å². The van der Waals surface area contributed by atoms with Crippen molar-refractivity contribution >= 4 is 11.9 Å². The molecule has 0 aliphatic carbocycles. The van der Waals surface area contributed by atoms with Crippen molar-refractivity contribution in [1.82, 2.24) is 0 Å². The number of rotatable bonds is 15. The van der Waals surface area contributed by atoms with Gasteiger partial charge in [-0.2, -0.15) is 0 Å². The summed E-state index contributed by atoms with van der Waals surface area (Å²) in [4.78, 5) is 24.6. The second-order valence-electron chi connectivity index (χ2n) is 6.60. The van der Waals surface area contributed by atoms with Gasteiger partial charge in [0, 0.05) is 11.1 Å². The Morgan fingerprint density at radius 1 is 0.640 bits per heavy atom. The molecule has 0 spiro atoms. The van der Waals surface area contributed by atoms with Crippen LogP contribution < -0.4 is 0 Å². The van der Waals surface area contributed by atoms with Gasteiger partial charge in [0.1, 0.15) is 0 Å². The van der Waals surface area contributed by atoms with Gasteiger partial charge in [0.2, 0.25) is 0 Å². The van der Waals surface area contributed by atoms with Crippen molar-refractivity contribution in [2.24, 2.45) is 0 Å². The van der Waals surface area contributed by atoms with E-state index >= 15 is 0 Å². The Morgan fingerprint density at radius 3 is 1.68 bits per heavy atom. The number of hydrogen-bond donors (Lipinski definition) is 0. The highest BCUT2D eigenvalue weighted by Crippen LogP contribution is 2.18. The zero-order chi connectivity index (χ0) is 18.9. The molecule has 0 rings (SSSR count). The van der Waals surface area contributed by atoms with Crippen LogP contribution in [-0.4, -0.2) is 25.2 Å². The molecule has 0 radical (unpaired) electrons. The average molecular weight is 355 g/mol. The molecule has 0 bridgehead atoms. The fourth-order valence-corrected chi connectivity index (χ4v) is 2.46. The summed E-state index contributed by atoms with van der Waals surface area (Å²) in [6.45, 7) is 8.79. The lowest BCUT2D eigenvalue weighted by Crippen LogP contribution is -2.16. The number of unbranched alkanes of at least 4 members (excludes halogenated alkanes) is 7. The van der Waals surface area contributed by atoms with Gasteiger partial charge in [-0.15, -0.1) is 0 Å². The minimum Gasteiger partial charge on any atom is -0.462 e. The maximum atomic E-state index is 12.4. The number of esters is 2. The van der Waals surface area contributed by atoms with Gasteiger partial charge in [-0.3, -0.25) is 0 Å². The Labute approximate surface area is 154 Å². The Kier molecular flexibility index (Phi) is 15.3. The van der Waals surface area contributed by atoms with Crippen LogP contribution in [0.3, 0.4) is 0 Å². The predicted molar refractivity (Wildman–Crippen MR) is 102 cm³/mol. The smallest absolute Gasteiger partial charge is 0.334 e. The first-order chi connectivity index (χ1) is 12.1. The van der Waals surface area contributed by atoms with Gasteiger partial charge in [0.15, 0.2) is 0 Å². The Morgan fingerprint density at radius 2 is 1.12 bits per heavy atom. The van der Waals surface area contributed by atoms with E-state index in [1.165, 1.54) is 25.7 Å². The molecular weight excluding hydrogens is 316 g/mol. The number of carbonyl (C=O) groups excluding carboxylic acids is 2. The van der Waals surface area contributed by atoms with Crippen molar-refractivity contribution in [3.05, 3.63) is 11.1 Å². The van der Waals surface area contributed by atoms with Crippen molar-refractivity contribution in [3.8, 4) is 0 Å². The van der Waals surface area contributed by atoms with E-state index in [-0.39, 0.29) is 11.9 Å². The van der Waals surface area contributed by atoms with E-state index in [2.05, 4.69) is 13.8 Å². The molecule has 0 aromatic rings. The predicted octanol–water partition coefficient (Wildman–Crippen LogP) is 5.74. The zero-order valence-corrected chi connectivity index (χ0v) is 16.8. The summed E-state index contributed by atoms with van der Waals surface area (Å²) >= 11 is 0. The molecule has 0 fully saturated rings. The van der Waals surface area contributed by atoms with Crippen LogP contribution in [0.25, 0.3) is 0 Å². The van der Waals surface area contributed by atoms with Crippen molar-refractivity contribution in [2.75, 3.05) is 13.2 Å². The lowest BCUT2D eigenvalue weighted by Gasteiger charge is -2.12. The maximum Gasteiger partial charge on any atom is 0.334 e. The molecule has 146 valence electrons. The SMILES string of the molecule is CCCCCCCC/C(C(=O)OCCCC)=C(\C)C(=O)OCCCC. The lowest BCUT2D eigenvalue weighted by molar-refractivity contribution is -0.142. The van der Waals surface area contributed by atoms with Crippen LogP contribution in [-0.2, 0) is 19.1 Å². The summed E-state index contributed by atoms with van der Waals surface area (Å²) in [5.74, 6) is -0.742. The second-order valence-corrected chi connectivity index (χ2v) is 6.60. The maximum absolute atomic E-state index is 12.4. The molecule has 4 nitrogen and oxygen atoms in total. The van der Waals surface area contributed by atoms with Crippen molar-refractivity contribution in [1.29, 1.82) is 0 Å². The monoisotopic (exact) mass is 354 g/mol. The van der Waals surface area contributed by atoms with Gasteiger partial charge in [-0.05, 0) is 32.6 Å². The summed E-state index contributed by atoms with van der Waals surface area (Å²) in [7, 11) is 0. The second kappa shape index (κ2) is 16.2. The van der Waals surface area contributed by atoms with Crippen LogP contribution in [0.2, 0.25) is 0 Å². The summed E-state index contributed by atoms with van der Waals surface area (Å²) in [5, 5.41) is 0. The van der Waals surface area contributed by atoms with E-state index in [0.717, 1.165) is 38.5 Å². The molecule has 0 aliphatic heterocycles. The molecule has 0 unspecified atom stereocenters. The molecule has 4 heteroatoms. The van der Waals surface area contributed by atoms with Gasteiger partial charge in [0.25, 0.3) is 0 Å². The van der Waals surface area contributed by atoms with Gasteiger partial charge < -0.3 is 9.47 Å². The van der Waals surface area contributed by atoms with E-state index in [1.54, 1.807) is 6.92 Å². The van der Waals surface area contributed by atoms with Crippen molar-refractivity contribution in [3.63, 3.8) is 0 Å². The van der Waals surface area contributed by atoms with Crippen LogP contribution in [0.5, 0.6) is 0 Å². The minimum atomic E-state index is -0.387. The van der Waals surface area contributed by atoms with Crippen LogP contribution in [0.1, 0.15) is 98.3 Å². The molecule has 0 aromatic heterocycles. The van der Waals surface area contributed by atoms with Gasteiger partial charge in [-0.25, -0.2) is 9.59 Å². The molecule has 0 aromatic carbocycles. The molecular formula is C21H38O4. The van der Waals surface area contributed by atoms with E-state index in [9.17, 15) is 9.59 Å². The van der Waals surface area contributed by atoms with E-state index < -0.39 is 0 Å². The van der Waals surface area contributed by atoms with Gasteiger partial charge in [-0.1, -0.05) is 65.7 Å². The normalized spacial score (nSPS) is 11.8. The molecule has 25 heavy (non-hydrogen) atoms.